The molecule has 2 aliphatic rings. The van der Waals surface area contributed by atoms with Crippen molar-refractivity contribution in [1.29, 1.82) is 0 Å². The minimum absolute atomic E-state index is 0.103. The Morgan fingerprint density at radius 3 is 2.43 bits per heavy atom. The highest BCUT2D eigenvalue weighted by atomic mass is 16.3. The van der Waals surface area contributed by atoms with Crippen molar-refractivity contribution in [3.8, 4) is 0 Å². The van der Waals surface area contributed by atoms with Gasteiger partial charge in [-0.3, -0.25) is 14.4 Å². The maximum atomic E-state index is 12.9. The summed E-state index contributed by atoms with van der Waals surface area (Å²) in [5, 5.41) is 14.5. The first-order valence-electron chi connectivity index (χ1n) is 8.78. The number of amides is 1. The smallest absolute Gasteiger partial charge is 0.257 e. The number of hydrogen-bond donors (Lipinski definition) is 1. The number of hydrogen-bond acceptors (Lipinski definition) is 4. The molecule has 1 amide bonds. The number of nitrogens with zero attached hydrogens (tertiary/aromatic N) is 4. The molecular weight excluding hydrogens is 292 g/mol. The van der Waals surface area contributed by atoms with Crippen LogP contribution in [0.4, 0.5) is 0 Å². The van der Waals surface area contributed by atoms with Crippen molar-refractivity contribution in [2.45, 2.75) is 58.7 Å². The second-order valence-electron chi connectivity index (χ2n) is 6.76. The average molecular weight is 320 g/mol. The Kier molecular flexibility index (Phi) is 4.73. The highest BCUT2D eigenvalue weighted by Crippen LogP contribution is 2.25. The molecule has 0 bridgehead atoms. The van der Waals surface area contributed by atoms with E-state index in [1.165, 1.54) is 0 Å². The van der Waals surface area contributed by atoms with E-state index in [1.807, 2.05) is 30.4 Å². The molecule has 1 aliphatic carbocycles. The van der Waals surface area contributed by atoms with Gasteiger partial charge in [-0.1, -0.05) is 0 Å². The molecule has 0 radical (unpaired) electrons. The van der Waals surface area contributed by atoms with Crippen molar-refractivity contribution in [2.75, 3.05) is 26.2 Å². The Morgan fingerprint density at radius 2 is 1.91 bits per heavy atom. The number of piperazine rings is 1. The van der Waals surface area contributed by atoms with E-state index in [1.54, 1.807) is 0 Å². The summed E-state index contributed by atoms with van der Waals surface area (Å²) in [4.78, 5) is 17.2. The second kappa shape index (κ2) is 6.61. The molecule has 1 aliphatic heterocycles. The van der Waals surface area contributed by atoms with Gasteiger partial charge in [0.2, 0.25) is 0 Å². The molecule has 128 valence electrons. The lowest BCUT2D eigenvalue weighted by Gasteiger charge is -2.39. The summed E-state index contributed by atoms with van der Waals surface area (Å²) >= 11 is 0. The number of aliphatic hydroxyl groups excluding tert-OH is 1. The Morgan fingerprint density at radius 1 is 1.22 bits per heavy atom. The van der Waals surface area contributed by atoms with Crippen LogP contribution in [0, 0.1) is 13.8 Å². The van der Waals surface area contributed by atoms with Crippen LogP contribution in [0.15, 0.2) is 0 Å². The topological polar surface area (TPSA) is 61.6 Å². The summed E-state index contributed by atoms with van der Waals surface area (Å²) in [5.74, 6) is 0.103. The first-order valence-corrected chi connectivity index (χ1v) is 8.78. The van der Waals surface area contributed by atoms with Gasteiger partial charge < -0.3 is 10.0 Å². The molecule has 3 rings (SSSR count). The van der Waals surface area contributed by atoms with Crippen LogP contribution < -0.4 is 0 Å². The second-order valence-corrected chi connectivity index (χ2v) is 6.76. The van der Waals surface area contributed by atoms with E-state index < -0.39 is 0 Å². The van der Waals surface area contributed by atoms with Crippen LogP contribution in [0.2, 0.25) is 0 Å². The molecule has 2 heterocycles. The van der Waals surface area contributed by atoms with Crippen LogP contribution in [0.5, 0.6) is 0 Å². The normalized spacial score (nSPS) is 26.0. The zero-order chi connectivity index (χ0) is 16.6. The Balaban J connectivity index is 1.66. The monoisotopic (exact) mass is 320 g/mol. The van der Waals surface area contributed by atoms with Gasteiger partial charge in [-0.2, -0.15) is 5.10 Å². The van der Waals surface area contributed by atoms with Gasteiger partial charge in [0.1, 0.15) is 0 Å². The molecule has 0 spiro atoms. The number of carbonyl (C=O) groups is 1. The lowest BCUT2D eigenvalue weighted by molar-refractivity contribution is 0.0315. The Hall–Kier alpha value is -1.40. The average Bonchev–Trinajstić information content (AvgIpc) is 3.10. The van der Waals surface area contributed by atoms with E-state index in [-0.39, 0.29) is 12.0 Å². The zero-order valence-corrected chi connectivity index (χ0v) is 14.5. The van der Waals surface area contributed by atoms with E-state index in [0.717, 1.165) is 68.9 Å². The Bertz CT molecular complexity index is 575. The fraction of sp³-hybridized carbons (Fsp3) is 0.765. The van der Waals surface area contributed by atoms with Gasteiger partial charge >= 0.3 is 0 Å². The number of aliphatic hydroxyl groups is 1. The fourth-order valence-corrected chi connectivity index (χ4v) is 4.08. The van der Waals surface area contributed by atoms with Gasteiger partial charge in [-0.25, -0.2) is 0 Å². The minimum atomic E-state index is -0.190. The van der Waals surface area contributed by atoms with Crippen LogP contribution in [0.25, 0.3) is 0 Å². The van der Waals surface area contributed by atoms with Crippen molar-refractivity contribution < 1.29 is 9.90 Å². The third-order valence-electron chi connectivity index (χ3n) is 5.41. The number of aromatic nitrogens is 2. The minimum Gasteiger partial charge on any atom is -0.391 e. The van der Waals surface area contributed by atoms with Crippen molar-refractivity contribution in [3.63, 3.8) is 0 Å². The summed E-state index contributed by atoms with van der Waals surface area (Å²) in [6.45, 7) is 9.89. The zero-order valence-electron chi connectivity index (χ0n) is 14.5. The van der Waals surface area contributed by atoms with E-state index >= 15 is 0 Å². The summed E-state index contributed by atoms with van der Waals surface area (Å²) in [6.07, 6.45) is 2.92. The molecule has 0 aromatic carbocycles. The molecule has 0 unspecified atom stereocenters. The SMILES string of the molecule is CCn1nc(C)c(C(=O)N2CCN([C@H]3CCC[C@H]3O)CC2)c1C. The predicted molar refractivity (Wildman–Crippen MR) is 88.5 cm³/mol. The maximum absolute atomic E-state index is 12.9. The molecule has 6 heteroatoms. The molecule has 2 fully saturated rings. The third-order valence-corrected chi connectivity index (χ3v) is 5.41. The molecule has 1 saturated heterocycles. The summed E-state index contributed by atoms with van der Waals surface area (Å²) in [5.41, 5.74) is 2.55. The van der Waals surface area contributed by atoms with Crippen molar-refractivity contribution in [3.05, 3.63) is 17.0 Å². The van der Waals surface area contributed by atoms with Gasteiger partial charge in [0, 0.05) is 44.5 Å². The van der Waals surface area contributed by atoms with Crippen LogP contribution in [-0.2, 0) is 6.54 Å². The number of aryl methyl sites for hydroxylation is 2. The van der Waals surface area contributed by atoms with Gasteiger partial charge in [0.15, 0.2) is 0 Å². The highest BCUT2D eigenvalue weighted by Gasteiger charge is 2.34. The van der Waals surface area contributed by atoms with Crippen LogP contribution in [0.3, 0.4) is 0 Å². The Labute approximate surface area is 138 Å². The fourth-order valence-electron chi connectivity index (χ4n) is 4.08. The van der Waals surface area contributed by atoms with E-state index in [4.69, 9.17) is 0 Å². The summed E-state index contributed by atoms with van der Waals surface area (Å²) in [6, 6.07) is 0.290. The van der Waals surface area contributed by atoms with E-state index in [9.17, 15) is 9.90 Å². The molecule has 1 aromatic heterocycles. The molecule has 23 heavy (non-hydrogen) atoms. The van der Waals surface area contributed by atoms with Gasteiger partial charge in [0.25, 0.3) is 5.91 Å². The van der Waals surface area contributed by atoms with Crippen molar-refractivity contribution in [2.24, 2.45) is 0 Å². The molecular formula is C17H28N4O2. The predicted octanol–water partition coefficient (Wildman–Crippen LogP) is 1.19. The largest absolute Gasteiger partial charge is 0.391 e. The first-order chi connectivity index (χ1) is 11.0. The molecule has 1 N–H and O–H groups in total. The van der Waals surface area contributed by atoms with E-state index in [2.05, 4.69) is 10.00 Å². The van der Waals surface area contributed by atoms with Crippen molar-refractivity contribution >= 4 is 5.91 Å². The molecule has 2 atom stereocenters. The summed E-state index contributed by atoms with van der Waals surface area (Å²) in [7, 11) is 0. The van der Waals surface area contributed by atoms with E-state index in [0.29, 0.717) is 6.04 Å². The molecule has 1 aromatic rings. The summed E-state index contributed by atoms with van der Waals surface area (Å²) < 4.78 is 1.90. The number of rotatable bonds is 3. The quantitative estimate of drug-likeness (QED) is 0.909. The third kappa shape index (κ3) is 3.02. The highest BCUT2D eigenvalue weighted by molar-refractivity contribution is 5.96. The van der Waals surface area contributed by atoms with Gasteiger partial charge in [-0.15, -0.1) is 0 Å². The lowest BCUT2D eigenvalue weighted by Crippen LogP contribution is -2.53. The van der Waals surface area contributed by atoms with Gasteiger partial charge in [0.05, 0.1) is 17.4 Å². The first kappa shape index (κ1) is 16.5. The maximum Gasteiger partial charge on any atom is 0.257 e. The van der Waals surface area contributed by atoms with Gasteiger partial charge in [-0.05, 0) is 40.0 Å². The van der Waals surface area contributed by atoms with Crippen LogP contribution >= 0.6 is 0 Å². The van der Waals surface area contributed by atoms with Crippen LogP contribution in [-0.4, -0.2) is 68.9 Å². The molecule has 1 saturated carbocycles. The van der Waals surface area contributed by atoms with Crippen molar-refractivity contribution in [1.82, 2.24) is 19.6 Å². The number of carbonyl (C=O) groups excluding carboxylic acids is 1. The molecule has 6 nitrogen and oxygen atoms in total. The van der Waals surface area contributed by atoms with Crippen LogP contribution in [0.1, 0.15) is 47.9 Å². The lowest BCUT2D eigenvalue weighted by atomic mass is 10.1. The standard InChI is InChI=1S/C17H28N4O2/c1-4-21-13(3)16(12(2)18-21)17(23)20-10-8-19(9-11-20)14-6-5-7-15(14)22/h14-15,22H,4-11H2,1-3H3/t14-,15+/m0/s1.